The molecule has 0 nitrogen and oxygen atoms in total. The third-order valence-corrected chi connectivity index (χ3v) is 3.52. The highest BCUT2D eigenvalue weighted by Crippen LogP contribution is 2.41. The number of allylic oxidation sites excluding steroid dienone is 1. The lowest BCUT2D eigenvalue weighted by Crippen LogP contribution is -2.16. The predicted octanol–water partition coefficient (Wildman–Crippen LogP) is 4.44. The van der Waals surface area contributed by atoms with E-state index in [4.69, 9.17) is 0 Å². The maximum atomic E-state index is 4.29. The molecule has 76 valence electrons. The molecular weight excluding hydrogens is 196 g/mol. The van der Waals surface area contributed by atoms with Crippen molar-refractivity contribution in [2.24, 2.45) is 5.92 Å². The first-order valence-corrected chi connectivity index (χ1v) is 6.26. The maximum absolute atomic E-state index is 4.29. The van der Waals surface area contributed by atoms with Crippen LogP contribution in [0.5, 0.6) is 0 Å². The molecule has 1 saturated carbocycles. The summed E-state index contributed by atoms with van der Waals surface area (Å²) >= 11 is 8.58. The maximum Gasteiger partial charge on any atom is 0.0334 e. The van der Waals surface area contributed by atoms with Crippen molar-refractivity contribution >= 4 is 25.3 Å². The van der Waals surface area contributed by atoms with Gasteiger partial charge in [-0.05, 0) is 30.8 Å². The van der Waals surface area contributed by atoms with Gasteiger partial charge in [-0.3, -0.25) is 0 Å². The summed E-state index contributed by atoms with van der Waals surface area (Å²) in [5.74, 6) is 0.821. The zero-order valence-corrected chi connectivity index (χ0v) is 10.2. The van der Waals surface area contributed by atoms with E-state index in [1.807, 2.05) is 0 Å². The lowest BCUT2D eigenvalue weighted by molar-refractivity contribution is 0.395. The van der Waals surface area contributed by atoms with Crippen LogP contribution in [0.15, 0.2) is 9.81 Å². The second kappa shape index (κ2) is 6.02. The Hall–Kier alpha value is 0.440. The van der Waals surface area contributed by atoms with E-state index in [2.05, 4.69) is 32.2 Å². The zero-order chi connectivity index (χ0) is 9.68. The van der Waals surface area contributed by atoms with E-state index < -0.39 is 0 Å². The molecule has 13 heavy (non-hydrogen) atoms. The van der Waals surface area contributed by atoms with Crippen LogP contribution in [0.4, 0.5) is 0 Å². The largest absolute Gasteiger partial charge is 0.137 e. The third-order valence-electron chi connectivity index (χ3n) is 2.95. The monoisotopic (exact) mass is 216 g/mol. The molecule has 0 bridgehead atoms. The highest BCUT2D eigenvalue weighted by molar-refractivity contribution is 8.05. The Labute approximate surface area is 93.0 Å². The molecule has 1 unspecified atom stereocenters. The van der Waals surface area contributed by atoms with Gasteiger partial charge in [0.15, 0.2) is 0 Å². The number of thiol groups is 2. The Bertz CT molecular complexity index is 181. The zero-order valence-electron chi connectivity index (χ0n) is 8.42. The Balaban J connectivity index is 2.13. The van der Waals surface area contributed by atoms with Crippen molar-refractivity contribution in [3.63, 3.8) is 0 Å². The average Bonchev–Trinajstić information content (AvgIpc) is 2.01. The first-order valence-electron chi connectivity index (χ1n) is 5.36. The van der Waals surface area contributed by atoms with Crippen molar-refractivity contribution in [3.05, 3.63) is 9.81 Å². The summed E-state index contributed by atoms with van der Waals surface area (Å²) in [6.45, 7) is 2.26. The minimum Gasteiger partial charge on any atom is -0.137 e. The van der Waals surface area contributed by atoms with E-state index in [1.54, 1.807) is 0 Å². The average molecular weight is 216 g/mol. The summed E-state index contributed by atoms with van der Waals surface area (Å²) in [6.07, 6.45) is 9.47. The second-order valence-electron chi connectivity index (χ2n) is 3.93. The quantitative estimate of drug-likeness (QED) is 0.493. The molecule has 0 spiro atoms. The van der Waals surface area contributed by atoms with E-state index in [9.17, 15) is 0 Å². The summed E-state index contributed by atoms with van der Waals surface area (Å²) in [5, 5.41) is 0. The number of hydrogen-bond acceptors (Lipinski definition) is 2. The molecule has 1 aliphatic rings. The molecule has 0 aromatic heterocycles. The summed E-state index contributed by atoms with van der Waals surface area (Å²) in [7, 11) is 0. The van der Waals surface area contributed by atoms with Crippen LogP contribution in [-0.2, 0) is 0 Å². The highest BCUT2D eigenvalue weighted by atomic mass is 32.2. The van der Waals surface area contributed by atoms with Crippen molar-refractivity contribution in [2.75, 3.05) is 0 Å². The molecule has 1 fully saturated rings. The Morgan fingerprint density at radius 1 is 1.31 bits per heavy atom. The Morgan fingerprint density at radius 2 is 2.08 bits per heavy atom. The van der Waals surface area contributed by atoms with Gasteiger partial charge in [-0.2, -0.15) is 0 Å². The van der Waals surface area contributed by atoms with Gasteiger partial charge in [0.25, 0.3) is 0 Å². The normalized spacial score (nSPS) is 21.5. The molecule has 0 radical (unpaired) electrons. The van der Waals surface area contributed by atoms with Gasteiger partial charge in [0, 0.05) is 4.24 Å². The van der Waals surface area contributed by atoms with Crippen molar-refractivity contribution < 1.29 is 0 Å². The van der Waals surface area contributed by atoms with Crippen molar-refractivity contribution in [1.82, 2.24) is 0 Å². The smallest absolute Gasteiger partial charge is 0.0334 e. The highest BCUT2D eigenvalue weighted by Gasteiger charge is 2.24. The van der Waals surface area contributed by atoms with Gasteiger partial charge in [-0.15, -0.1) is 25.3 Å². The first kappa shape index (κ1) is 11.5. The molecule has 0 aliphatic heterocycles. The predicted molar refractivity (Wildman–Crippen MR) is 66.5 cm³/mol. The topological polar surface area (TPSA) is 0 Å². The van der Waals surface area contributed by atoms with Crippen LogP contribution < -0.4 is 0 Å². The SMILES string of the molecule is CCCCCCC1CCC1=C(S)S. The summed E-state index contributed by atoms with van der Waals surface area (Å²) in [4.78, 5) is 0. The lowest BCUT2D eigenvalue weighted by atomic mass is 9.77. The van der Waals surface area contributed by atoms with Crippen LogP contribution in [0.3, 0.4) is 0 Å². The van der Waals surface area contributed by atoms with Gasteiger partial charge < -0.3 is 0 Å². The van der Waals surface area contributed by atoms with Gasteiger partial charge >= 0.3 is 0 Å². The molecule has 0 saturated heterocycles. The van der Waals surface area contributed by atoms with Crippen molar-refractivity contribution in [1.29, 1.82) is 0 Å². The number of hydrogen-bond donors (Lipinski definition) is 2. The number of rotatable bonds is 5. The minimum atomic E-state index is 0.821. The molecule has 0 N–H and O–H groups in total. The van der Waals surface area contributed by atoms with Crippen LogP contribution in [0.25, 0.3) is 0 Å². The molecule has 0 heterocycles. The number of unbranched alkanes of at least 4 members (excludes halogenated alkanes) is 3. The molecular formula is C11H20S2. The van der Waals surface area contributed by atoms with Gasteiger partial charge in [0.05, 0.1) is 0 Å². The molecule has 0 aromatic carbocycles. The fourth-order valence-electron chi connectivity index (χ4n) is 1.92. The van der Waals surface area contributed by atoms with Gasteiger partial charge in [0.2, 0.25) is 0 Å². The first-order chi connectivity index (χ1) is 6.25. The van der Waals surface area contributed by atoms with Gasteiger partial charge in [0.1, 0.15) is 0 Å². The van der Waals surface area contributed by atoms with E-state index in [0.29, 0.717) is 0 Å². The van der Waals surface area contributed by atoms with Crippen molar-refractivity contribution in [3.8, 4) is 0 Å². The lowest BCUT2D eigenvalue weighted by Gasteiger charge is -2.30. The minimum absolute atomic E-state index is 0.821. The third kappa shape index (κ3) is 3.59. The summed E-state index contributed by atoms with van der Waals surface area (Å²) in [6, 6.07) is 0. The van der Waals surface area contributed by atoms with E-state index in [0.717, 1.165) is 10.2 Å². The van der Waals surface area contributed by atoms with Crippen LogP contribution >= 0.6 is 25.3 Å². The van der Waals surface area contributed by atoms with Gasteiger partial charge in [-0.1, -0.05) is 32.6 Å². The second-order valence-corrected chi connectivity index (χ2v) is 5.18. The van der Waals surface area contributed by atoms with Gasteiger partial charge in [-0.25, -0.2) is 0 Å². The Morgan fingerprint density at radius 3 is 2.54 bits per heavy atom. The summed E-state index contributed by atoms with van der Waals surface area (Å²) < 4.78 is 0.978. The molecule has 0 aromatic rings. The molecule has 1 aliphatic carbocycles. The fraction of sp³-hybridized carbons (Fsp3) is 0.818. The van der Waals surface area contributed by atoms with Crippen LogP contribution in [0.2, 0.25) is 0 Å². The Kier molecular flexibility index (Phi) is 5.34. The van der Waals surface area contributed by atoms with E-state index in [-0.39, 0.29) is 0 Å². The van der Waals surface area contributed by atoms with E-state index >= 15 is 0 Å². The molecule has 1 atom stereocenters. The summed E-state index contributed by atoms with van der Waals surface area (Å²) in [5.41, 5.74) is 1.50. The van der Waals surface area contributed by atoms with Crippen molar-refractivity contribution in [2.45, 2.75) is 51.9 Å². The molecule has 0 amide bonds. The fourth-order valence-corrected chi connectivity index (χ4v) is 2.51. The molecule has 1 rings (SSSR count). The molecule has 2 heteroatoms. The van der Waals surface area contributed by atoms with E-state index in [1.165, 1.54) is 50.5 Å². The van der Waals surface area contributed by atoms with Crippen LogP contribution in [-0.4, -0.2) is 0 Å². The van der Waals surface area contributed by atoms with Crippen LogP contribution in [0.1, 0.15) is 51.9 Å². The van der Waals surface area contributed by atoms with Crippen LogP contribution in [0, 0.1) is 5.92 Å². The standard InChI is InChI=1S/C11H20S2/c1-2-3-4-5-6-9-7-8-10(9)11(12)13/h9,12-13H,2-8H2,1H3.